The SMILES string of the molecule is CCN(CC)c1ncc(N(C(C)C)S(=O)(=O)c2ccc(F)cc2)c(Nc2cccc(OC(=O)N(C)C)c2)n1. The van der Waals surface area contributed by atoms with E-state index < -0.39 is 28.0 Å². The molecule has 0 saturated carbocycles. The number of rotatable bonds is 10. The summed E-state index contributed by atoms with van der Waals surface area (Å²) in [7, 11) is -0.949. The van der Waals surface area contributed by atoms with Crippen LogP contribution in [-0.4, -0.2) is 62.6 Å². The van der Waals surface area contributed by atoms with Crippen LogP contribution in [0.1, 0.15) is 27.7 Å². The van der Waals surface area contributed by atoms with Crippen LogP contribution in [0.3, 0.4) is 0 Å². The molecule has 1 heterocycles. The molecule has 0 radical (unpaired) electrons. The lowest BCUT2D eigenvalue weighted by Gasteiger charge is -2.30. The van der Waals surface area contributed by atoms with E-state index >= 15 is 0 Å². The van der Waals surface area contributed by atoms with Crippen molar-refractivity contribution in [2.24, 2.45) is 0 Å². The summed E-state index contributed by atoms with van der Waals surface area (Å²) in [5.74, 6) is 0.411. The zero-order valence-electron chi connectivity index (χ0n) is 22.3. The van der Waals surface area contributed by atoms with Crippen LogP contribution in [0.5, 0.6) is 5.75 Å². The van der Waals surface area contributed by atoms with Gasteiger partial charge in [0.05, 0.1) is 11.1 Å². The fraction of sp³-hybridized carbons (Fsp3) is 0.346. The van der Waals surface area contributed by atoms with Gasteiger partial charge in [-0.1, -0.05) is 6.07 Å². The predicted octanol–water partition coefficient (Wildman–Crippen LogP) is 4.87. The van der Waals surface area contributed by atoms with Crippen molar-refractivity contribution in [3.63, 3.8) is 0 Å². The Hall–Kier alpha value is -3.93. The van der Waals surface area contributed by atoms with Crippen molar-refractivity contribution < 1.29 is 22.3 Å². The summed E-state index contributed by atoms with van der Waals surface area (Å²) < 4.78 is 47.5. The molecule has 0 spiro atoms. The van der Waals surface area contributed by atoms with Gasteiger partial charge in [0.25, 0.3) is 10.0 Å². The molecule has 1 N–H and O–H groups in total. The number of hydrogen-bond acceptors (Lipinski definition) is 8. The monoisotopic (exact) mass is 544 g/mol. The molecule has 38 heavy (non-hydrogen) atoms. The summed E-state index contributed by atoms with van der Waals surface area (Å²) in [6.45, 7) is 8.68. The number of sulfonamides is 1. The molecule has 204 valence electrons. The summed E-state index contributed by atoms with van der Waals surface area (Å²) in [5, 5.41) is 3.18. The highest BCUT2D eigenvalue weighted by molar-refractivity contribution is 7.92. The minimum atomic E-state index is -4.10. The zero-order valence-corrected chi connectivity index (χ0v) is 23.2. The van der Waals surface area contributed by atoms with Gasteiger partial charge in [-0.3, -0.25) is 4.31 Å². The average Bonchev–Trinajstić information content (AvgIpc) is 2.86. The summed E-state index contributed by atoms with van der Waals surface area (Å²) in [6, 6.07) is 10.8. The van der Waals surface area contributed by atoms with Gasteiger partial charge in [-0.05, 0) is 64.1 Å². The van der Waals surface area contributed by atoms with Gasteiger partial charge >= 0.3 is 6.09 Å². The molecule has 0 unspecified atom stereocenters. The van der Waals surface area contributed by atoms with Gasteiger partial charge in [0.1, 0.15) is 17.3 Å². The summed E-state index contributed by atoms with van der Waals surface area (Å²) >= 11 is 0. The Morgan fingerprint density at radius 3 is 2.32 bits per heavy atom. The van der Waals surface area contributed by atoms with Gasteiger partial charge in [0.15, 0.2) is 5.82 Å². The van der Waals surface area contributed by atoms with Gasteiger partial charge in [0.2, 0.25) is 5.95 Å². The Labute approximate surface area is 223 Å². The number of carbonyl (C=O) groups is 1. The van der Waals surface area contributed by atoms with Crippen LogP contribution in [-0.2, 0) is 10.0 Å². The van der Waals surface area contributed by atoms with Crippen molar-refractivity contribution in [3.8, 4) is 5.75 Å². The molecule has 1 aromatic heterocycles. The van der Waals surface area contributed by atoms with Crippen molar-refractivity contribution in [1.29, 1.82) is 0 Å². The fourth-order valence-electron chi connectivity index (χ4n) is 3.65. The lowest BCUT2D eigenvalue weighted by atomic mass is 10.3. The Morgan fingerprint density at radius 2 is 1.74 bits per heavy atom. The van der Waals surface area contributed by atoms with E-state index in [1.54, 1.807) is 52.2 Å². The molecule has 0 aliphatic rings. The third-order valence-corrected chi connectivity index (χ3v) is 7.55. The molecule has 3 aromatic rings. The van der Waals surface area contributed by atoms with E-state index in [0.29, 0.717) is 30.5 Å². The van der Waals surface area contributed by atoms with Crippen LogP contribution in [0.2, 0.25) is 0 Å². The van der Waals surface area contributed by atoms with Gasteiger partial charge in [0, 0.05) is 45.0 Å². The number of carbonyl (C=O) groups excluding carboxylic acids is 1. The first-order chi connectivity index (χ1) is 18.0. The molecule has 0 fully saturated rings. The molecule has 2 aromatic carbocycles. The minimum absolute atomic E-state index is 0.0658. The zero-order chi connectivity index (χ0) is 28.0. The highest BCUT2D eigenvalue weighted by Gasteiger charge is 2.31. The molecule has 10 nitrogen and oxygen atoms in total. The number of hydrogen-bond donors (Lipinski definition) is 1. The highest BCUT2D eigenvalue weighted by Crippen LogP contribution is 2.34. The van der Waals surface area contributed by atoms with E-state index in [-0.39, 0.29) is 16.4 Å². The number of amides is 1. The van der Waals surface area contributed by atoms with Crippen molar-refractivity contribution in [3.05, 3.63) is 60.5 Å². The maximum atomic E-state index is 13.7. The summed E-state index contributed by atoms with van der Waals surface area (Å²) in [6.07, 6.45) is 0.921. The fourth-order valence-corrected chi connectivity index (χ4v) is 5.30. The maximum absolute atomic E-state index is 13.7. The summed E-state index contributed by atoms with van der Waals surface area (Å²) in [4.78, 5) is 24.3. The van der Waals surface area contributed by atoms with E-state index in [1.165, 1.54) is 27.5 Å². The number of nitrogens with one attached hydrogen (secondary N) is 1. The van der Waals surface area contributed by atoms with Crippen LogP contribution >= 0.6 is 0 Å². The van der Waals surface area contributed by atoms with Crippen LogP contribution in [0.25, 0.3) is 0 Å². The second-order valence-electron chi connectivity index (χ2n) is 8.84. The number of nitrogens with zero attached hydrogens (tertiary/aromatic N) is 5. The predicted molar refractivity (Wildman–Crippen MR) is 146 cm³/mol. The van der Waals surface area contributed by atoms with E-state index in [9.17, 15) is 17.6 Å². The van der Waals surface area contributed by atoms with E-state index in [4.69, 9.17) is 4.74 Å². The third-order valence-electron chi connectivity index (χ3n) is 5.55. The molecule has 12 heteroatoms. The lowest BCUT2D eigenvalue weighted by Crippen LogP contribution is -2.38. The van der Waals surface area contributed by atoms with Gasteiger partial charge in [-0.25, -0.2) is 22.6 Å². The third kappa shape index (κ3) is 6.49. The van der Waals surface area contributed by atoms with Gasteiger partial charge < -0.3 is 19.9 Å². The first-order valence-electron chi connectivity index (χ1n) is 12.2. The van der Waals surface area contributed by atoms with Crippen LogP contribution in [0.15, 0.2) is 59.6 Å². The molecule has 0 bridgehead atoms. The van der Waals surface area contributed by atoms with Crippen molar-refractivity contribution in [2.45, 2.75) is 38.6 Å². The number of anilines is 4. The summed E-state index contributed by atoms with van der Waals surface area (Å²) in [5.41, 5.74) is 0.721. The molecule has 1 amide bonds. The Balaban J connectivity index is 2.12. The highest BCUT2D eigenvalue weighted by atomic mass is 32.2. The van der Waals surface area contributed by atoms with E-state index in [0.717, 1.165) is 12.1 Å². The largest absolute Gasteiger partial charge is 0.414 e. The first kappa shape index (κ1) is 28.6. The molecular weight excluding hydrogens is 511 g/mol. The Kier molecular flexibility index (Phi) is 9.10. The van der Waals surface area contributed by atoms with Gasteiger partial charge in [-0.15, -0.1) is 0 Å². The standard InChI is InChI=1S/C26H33FN6O4S/c1-7-32(8-2)25-28-17-23(33(18(3)4)38(35,36)22-14-12-19(27)13-15-22)24(30-25)29-20-10-9-11-21(16-20)37-26(34)31(5)6/h9-18H,7-8H2,1-6H3,(H,28,29,30). The topological polar surface area (TPSA) is 108 Å². The quantitative estimate of drug-likeness (QED) is 0.385. The molecule has 0 aliphatic heterocycles. The lowest BCUT2D eigenvalue weighted by molar-refractivity contribution is 0.172. The van der Waals surface area contributed by atoms with Gasteiger partial charge in [-0.2, -0.15) is 4.98 Å². The number of benzene rings is 2. The Morgan fingerprint density at radius 1 is 1.08 bits per heavy atom. The van der Waals surface area contributed by atoms with Crippen molar-refractivity contribution in [2.75, 3.05) is 41.7 Å². The molecule has 0 aliphatic carbocycles. The molecule has 0 saturated heterocycles. The average molecular weight is 545 g/mol. The maximum Gasteiger partial charge on any atom is 0.414 e. The van der Waals surface area contributed by atoms with Crippen LogP contribution in [0, 0.1) is 5.82 Å². The van der Waals surface area contributed by atoms with E-state index in [2.05, 4.69) is 15.3 Å². The van der Waals surface area contributed by atoms with Crippen molar-refractivity contribution in [1.82, 2.24) is 14.9 Å². The normalized spacial score (nSPS) is 11.3. The Bertz CT molecular complexity index is 1360. The molecular formula is C26H33FN6O4S. The van der Waals surface area contributed by atoms with E-state index in [1.807, 2.05) is 18.7 Å². The number of aromatic nitrogens is 2. The minimum Gasteiger partial charge on any atom is -0.410 e. The molecule has 0 atom stereocenters. The first-order valence-corrected chi connectivity index (χ1v) is 13.6. The van der Waals surface area contributed by atoms with Crippen LogP contribution in [0.4, 0.5) is 32.3 Å². The second-order valence-corrected chi connectivity index (χ2v) is 10.7. The molecule has 3 rings (SSSR count). The van der Waals surface area contributed by atoms with Crippen molar-refractivity contribution >= 4 is 39.3 Å². The smallest absolute Gasteiger partial charge is 0.410 e. The van der Waals surface area contributed by atoms with Crippen LogP contribution < -0.4 is 19.3 Å². The number of ether oxygens (including phenoxy) is 1. The number of halogens is 1. The second kappa shape index (κ2) is 12.1.